The fraction of sp³-hybridized carbons (Fsp3) is 0.400. The highest BCUT2D eigenvalue weighted by Crippen LogP contribution is 2.37. The van der Waals surface area contributed by atoms with Crippen LogP contribution in [0.1, 0.15) is 12.5 Å². The predicted octanol–water partition coefficient (Wildman–Crippen LogP) is 1.82. The fourth-order valence-corrected chi connectivity index (χ4v) is 4.13. The average molecular weight is 461 g/mol. The molecule has 32 heavy (non-hydrogen) atoms. The highest BCUT2D eigenvalue weighted by Gasteiger charge is 2.37. The number of ether oxygens (including phenoxy) is 3. The molecule has 0 bridgehead atoms. The standard InChI is InChI=1S/C20H24N6O5S/c1-2-29-15-11-13(3-4-14(15)30-10-7-25-5-8-28-9-6-25)12-16-19(27)26(20(22)32-16)18-17(21)23-31-24-18/h3-4,11-12,22H,2,5-10H2,1H3,(H2,21,23)/b16-12+,22-20?. The van der Waals surface area contributed by atoms with Gasteiger partial charge in [-0.15, -0.1) is 0 Å². The predicted molar refractivity (Wildman–Crippen MR) is 120 cm³/mol. The molecule has 2 aliphatic rings. The molecular weight excluding hydrogens is 436 g/mol. The van der Waals surface area contributed by atoms with Crippen molar-refractivity contribution >= 4 is 40.5 Å². The number of rotatable bonds is 8. The summed E-state index contributed by atoms with van der Waals surface area (Å²) >= 11 is 1.00. The Labute approximate surface area is 188 Å². The van der Waals surface area contributed by atoms with Gasteiger partial charge in [-0.3, -0.25) is 15.1 Å². The molecule has 2 aromatic rings. The van der Waals surface area contributed by atoms with E-state index in [4.69, 9.17) is 25.4 Å². The Bertz CT molecular complexity index is 1020. The number of carbonyl (C=O) groups is 1. The lowest BCUT2D eigenvalue weighted by molar-refractivity contribution is -0.113. The first-order valence-corrected chi connectivity index (χ1v) is 11.0. The minimum Gasteiger partial charge on any atom is -0.490 e. The van der Waals surface area contributed by atoms with E-state index < -0.39 is 5.91 Å². The van der Waals surface area contributed by atoms with Gasteiger partial charge in [0.25, 0.3) is 5.91 Å². The van der Waals surface area contributed by atoms with Gasteiger partial charge >= 0.3 is 0 Å². The van der Waals surface area contributed by atoms with E-state index >= 15 is 0 Å². The maximum Gasteiger partial charge on any atom is 0.272 e. The maximum absolute atomic E-state index is 12.8. The van der Waals surface area contributed by atoms with Crippen LogP contribution in [0.4, 0.5) is 11.6 Å². The lowest BCUT2D eigenvalue weighted by Crippen LogP contribution is -2.38. The molecule has 0 spiro atoms. The monoisotopic (exact) mass is 460 g/mol. The third kappa shape index (κ3) is 4.87. The van der Waals surface area contributed by atoms with Crippen molar-refractivity contribution in [3.05, 3.63) is 28.7 Å². The molecule has 0 atom stereocenters. The number of amidine groups is 1. The second-order valence-electron chi connectivity index (χ2n) is 6.97. The summed E-state index contributed by atoms with van der Waals surface area (Å²) in [6.07, 6.45) is 1.69. The number of aromatic nitrogens is 2. The molecule has 11 nitrogen and oxygen atoms in total. The minimum absolute atomic E-state index is 0.00919. The molecule has 0 radical (unpaired) electrons. The smallest absolute Gasteiger partial charge is 0.272 e. The number of anilines is 2. The van der Waals surface area contributed by atoms with E-state index in [0.717, 1.165) is 55.1 Å². The zero-order valence-electron chi connectivity index (χ0n) is 17.6. The van der Waals surface area contributed by atoms with Crippen LogP contribution in [0.25, 0.3) is 6.08 Å². The molecule has 0 aliphatic carbocycles. The summed E-state index contributed by atoms with van der Waals surface area (Å²) in [7, 11) is 0. The molecule has 2 aliphatic heterocycles. The van der Waals surface area contributed by atoms with E-state index in [2.05, 4.69) is 19.8 Å². The molecule has 0 unspecified atom stereocenters. The summed E-state index contributed by atoms with van der Waals surface area (Å²) < 4.78 is 21.6. The molecule has 12 heteroatoms. The molecular formula is C20H24N6O5S. The quantitative estimate of drug-likeness (QED) is 0.561. The largest absolute Gasteiger partial charge is 0.490 e. The molecule has 170 valence electrons. The van der Waals surface area contributed by atoms with Gasteiger partial charge in [0, 0.05) is 19.6 Å². The topological polar surface area (TPSA) is 140 Å². The number of nitrogens with one attached hydrogen (secondary N) is 1. The van der Waals surface area contributed by atoms with Crippen molar-refractivity contribution in [1.29, 1.82) is 5.41 Å². The number of nitrogens with two attached hydrogens (primary N) is 1. The van der Waals surface area contributed by atoms with Crippen LogP contribution in [-0.2, 0) is 9.53 Å². The van der Waals surface area contributed by atoms with Crippen molar-refractivity contribution in [2.75, 3.05) is 56.7 Å². The van der Waals surface area contributed by atoms with Gasteiger partial charge in [-0.1, -0.05) is 6.07 Å². The third-order valence-electron chi connectivity index (χ3n) is 4.87. The van der Waals surface area contributed by atoms with Crippen LogP contribution in [0, 0.1) is 5.41 Å². The van der Waals surface area contributed by atoms with Crippen molar-refractivity contribution in [1.82, 2.24) is 15.2 Å². The molecule has 1 aromatic carbocycles. The Kier molecular flexibility index (Phi) is 6.93. The van der Waals surface area contributed by atoms with Gasteiger partial charge in [0.1, 0.15) is 6.61 Å². The maximum atomic E-state index is 12.8. The van der Waals surface area contributed by atoms with E-state index in [1.807, 2.05) is 25.1 Å². The summed E-state index contributed by atoms with van der Waals surface area (Å²) in [5, 5.41) is 15.2. The molecule has 2 fully saturated rings. The Balaban J connectivity index is 1.47. The lowest BCUT2D eigenvalue weighted by Gasteiger charge is -2.26. The van der Waals surface area contributed by atoms with Gasteiger partial charge in [0.05, 0.1) is 24.7 Å². The summed E-state index contributed by atoms with van der Waals surface area (Å²) in [6, 6.07) is 5.47. The molecule has 3 heterocycles. The number of hydrogen-bond acceptors (Lipinski definition) is 11. The highest BCUT2D eigenvalue weighted by molar-refractivity contribution is 8.19. The Morgan fingerprint density at radius 1 is 1.25 bits per heavy atom. The number of morpholine rings is 1. The zero-order valence-corrected chi connectivity index (χ0v) is 18.4. The molecule has 4 rings (SSSR count). The van der Waals surface area contributed by atoms with E-state index in [9.17, 15) is 4.79 Å². The molecule has 0 saturated carbocycles. The Morgan fingerprint density at radius 3 is 2.78 bits per heavy atom. The van der Waals surface area contributed by atoms with Crippen LogP contribution in [0.15, 0.2) is 27.7 Å². The number of nitrogens with zero attached hydrogens (tertiary/aromatic N) is 4. The van der Waals surface area contributed by atoms with Crippen LogP contribution in [0.5, 0.6) is 11.5 Å². The van der Waals surface area contributed by atoms with Crippen LogP contribution in [-0.4, -0.2) is 72.3 Å². The molecule has 1 aromatic heterocycles. The first-order chi connectivity index (χ1) is 15.6. The van der Waals surface area contributed by atoms with Gasteiger partial charge < -0.3 is 19.9 Å². The summed E-state index contributed by atoms with van der Waals surface area (Å²) in [5.41, 5.74) is 6.42. The van der Waals surface area contributed by atoms with E-state index in [1.54, 1.807) is 6.08 Å². The summed E-state index contributed by atoms with van der Waals surface area (Å²) in [4.78, 5) is 16.5. The van der Waals surface area contributed by atoms with Crippen molar-refractivity contribution in [3.8, 4) is 11.5 Å². The first kappa shape index (κ1) is 22.1. The Morgan fingerprint density at radius 2 is 2.06 bits per heavy atom. The van der Waals surface area contributed by atoms with Gasteiger partial charge in [0.15, 0.2) is 16.7 Å². The van der Waals surface area contributed by atoms with E-state index in [1.165, 1.54) is 0 Å². The number of hydrogen-bond donors (Lipinski definition) is 2. The average Bonchev–Trinajstić information content (AvgIpc) is 3.32. The van der Waals surface area contributed by atoms with Crippen molar-refractivity contribution in [2.24, 2.45) is 0 Å². The molecule has 1 amide bonds. The molecule has 3 N–H and O–H groups in total. The van der Waals surface area contributed by atoms with Crippen LogP contribution >= 0.6 is 11.8 Å². The van der Waals surface area contributed by atoms with Crippen LogP contribution < -0.4 is 20.1 Å². The van der Waals surface area contributed by atoms with Gasteiger partial charge in [-0.25, -0.2) is 9.53 Å². The number of carbonyl (C=O) groups excluding carboxylic acids is 1. The van der Waals surface area contributed by atoms with Crippen molar-refractivity contribution < 1.29 is 23.6 Å². The number of thioether (sulfide) groups is 1. The fourth-order valence-electron chi connectivity index (χ4n) is 3.29. The second-order valence-corrected chi connectivity index (χ2v) is 8.00. The Hall–Kier alpha value is -3.09. The van der Waals surface area contributed by atoms with Gasteiger partial charge in [-0.2, -0.15) is 0 Å². The lowest BCUT2D eigenvalue weighted by atomic mass is 10.2. The minimum atomic E-state index is -0.425. The van der Waals surface area contributed by atoms with Crippen LogP contribution in [0.3, 0.4) is 0 Å². The van der Waals surface area contributed by atoms with Gasteiger partial charge in [0.2, 0.25) is 11.6 Å². The van der Waals surface area contributed by atoms with E-state index in [0.29, 0.717) is 29.6 Å². The number of nitrogen functional groups attached to an aromatic ring is 1. The summed E-state index contributed by atoms with van der Waals surface area (Å²) in [6.45, 7) is 7.03. The summed E-state index contributed by atoms with van der Waals surface area (Å²) in [5.74, 6) is 0.767. The second kappa shape index (κ2) is 10.0. The zero-order chi connectivity index (χ0) is 22.5. The highest BCUT2D eigenvalue weighted by atomic mass is 32.2. The van der Waals surface area contributed by atoms with Crippen molar-refractivity contribution in [3.63, 3.8) is 0 Å². The van der Waals surface area contributed by atoms with Crippen molar-refractivity contribution in [2.45, 2.75) is 6.92 Å². The number of amides is 1. The molecule has 2 saturated heterocycles. The first-order valence-electron chi connectivity index (χ1n) is 10.2. The normalized spacial score (nSPS) is 18.5. The van der Waals surface area contributed by atoms with Crippen LogP contribution in [0.2, 0.25) is 0 Å². The SMILES string of the molecule is CCOc1cc(/C=C2/SC(=N)N(c3nonc3N)C2=O)ccc1OCCN1CCOCC1. The van der Waals surface area contributed by atoms with E-state index in [-0.39, 0.29) is 16.8 Å². The van der Waals surface area contributed by atoms with Gasteiger partial charge in [-0.05, 0) is 52.8 Å². The number of benzene rings is 1. The third-order valence-corrected chi connectivity index (χ3v) is 5.75.